The van der Waals surface area contributed by atoms with Crippen molar-refractivity contribution in [3.8, 4) is 5.75 Å². The number of nitrogens with one attached hydrogen (secondary N) is 2. The van der Waals surface area contributed by atoms with Crippen LogP contribution in [0.15, 0.2) is 42.9 Å². The van der Waals surface area contributed by atoms with Crippen molar-refractivity contribution in [1.82, 2.24) is 20.6 Å². The Labute approximate surface area is 160 Å². The van der Waals surface area contributed by atoms with Gasteiger partial charge in [-0.25, -0.2) is 9.78 Å². The molecule has 27 heavy (non-hydrogen) atoms. The topological polar surface area (TPSA) is 79.4 Å². The van der Waals surface area contributed by atoms with Crippen LogP contribution >= 0.6 is 0 Å². The number of benzene rings is 1. The average Bonchev–Trinajstić information content (AvgIpc) is 2.74. The standard InChI is InChI=1S/C20H27N5O2/c1-27-18-4-2-16(3-5-18)6-9-23-20(26)24-14-17-7-12-25(13-8-17)19-15-21-10-11-22-19/h2-5,10-11,15,17H,6-9,12-14H2,1H3,(H2,23,24,26). The van der Waals surface area contributed by atoms with E-state index in [1.54, 1.807) is 25.7 Å². The zero-order chi connectivity index (χ0) is 18.9. The Hall–Kier alpha value is -2.83. The van der Waals surface area contributed by atoms with Crippen LogP contribution in [-0.2, 0) is 6.42 Å². The fraction of sp³-hybridized carbons (Fsp3) is 0.450. The molecule has 0 unspecified atom stereocenters. The van der Waals surface area contributed by atoms with Gasteiger partial charge in [-0.15, -0.1) is 0 Å². The van der Waals surface area contributed by atoms with Crippen molar-refractivity contribution in [2.75, 3.05) is 38.2 Å². The molecular weight excluding hydrogens is 342 g/mol. The van der Waals surface area contributed by atoms with Gasteiger partial charge in [-0.2, -0.15) is 0 Å². The van der Waals surface area contributed by atoms with Gasteiger partial charge in [0.2, 0.25) is 0 Å². The smallest absolute Gasteiger partial charge is 0.314 e. The number of methoxy groups -OCH3 is 1. The first-order valence-electron chi connectivity index (χ1n) is 9.40. The summed E-state index contributed by atoms with van der Waals surface area (Å²) in [4.78, 5) is 22.7. The lowest BCUT2D eigenvalue weighted by atomic mass is 9.97. The number of rotatable bonds is 7. The van der Waals surface area contributed by atoms with Gasteiger partial charge in [0.25, 0.3) is 0 Å². The Balaban J connectivity index is 1.30. The lowest BCUT2D eigenvalue weighted by Crippen LogP contribution is -2.42. The normalized spacial score (nSPS) is 14.6. The van der Waals surface area contributed by atoms with Crippen molar-refractivity contribution in [2.24, 2.45) is 5.92 Å². The number of carbonyl (C=O) groups is 1. The minimum atomic E-state index is -0.0973. The highest BCUT2D eigenvalue weighted by Gasteiger charge is 2.20. The Morgan fingerprint density at radius 1 is 1.19 bits per heavy atom. The summed E-state index contributed by atoms with van der Waals surface area (Å²) >= 11 is 0. The SMILES string of the molecule is COc1ccc(CCNC(=O)NCC2CCN(c3cnccn3)CC2)cc1. The monoisotopic (exact) mass is 369 g/mol. The molecule has 1 aliphatic heterocycles. The van der Waals surface area contributed by atoms with Crippen molar-refractivity contribution >= 4 is 11.8 Å². The number of nitrogens with zero attached hydrogens (tertiary/aromatic N) is 3. The Morgan fingerprint density at radius 3 is 2.63 bits per heavy atom. The largest absolute Gasteiger partial charge is 0.497 e. The molecule has 144 valence electrons. The fourth-order valence-electron chi connectivity index (χ4n) is 3.23. The Kier molecular flexibility index (Phi) is 6.84. The van der Waals surface area contributed by atoms with Crippen molar-refractivity contribution in [3.05, 3.63) is 48.4 Å². The molecule has 1 aliphatic rings. The van der Waals surface area contributed by atoms with Gasteiger partial charge >= 0.3 is 6.03 Å². The van der Waals surface area contributed by atoms with Gasteiger partial charge in [-0.3, -0.25) is 4.98 Å². The highest BCUT2D eigenvalue weighted by atomic mass is 16.5. The lowest BCUT2D eigenvalue weighted by Gasteiger charge is -2.32. The van der Waals surface area contributed by atoms with Gasteiger partial charge in [0.05, 0.1) is 13.3 Å². The Bertz CT molecular complexity index is 700. The maximum atomic E-state index is 12.0. The van der Waals surface area contributed by atoms with E-state index in [-0.39, 0.29) is 6.03 Å². The summed E-state index contributed by atoms with van der Waals surface area (Å²) in [5.74, 6) is 2.28. The van der Waals surface area contributed by atoms with Crippen LogP contribution in [0.3, 0.4) is 0 Å². The van der Waals surface area contributed by atoms with Crippen LogP contribution in [0.2, 0.25) is 0 Å². The first-order valence-corrected chi connectivity index (χ1v) is 9.40. The van der Waals surface area contributed by atoms with E-state index in [9.17, 15) is 4.79 Å². The molecule has 7 nitrogen and oxygen atoms in total. The molecule has 1 saturated heterocycles. The fourth-order valence-corrected chi connectivity index (χ4v) is 3.23. The van der Waals surface area contributed by atoms with E-state index in [2.05, 4.69) is 25.5 Å². The van der Waals surface area contributed by atoms with Crippen LogP contribution in [0.4, 0.5) is 10.6 Å². The summed E-state index contributed by atoms with van der Waals surface area (Å²) < 4.78 is 5.14. The molecular formula is C20H27N5O2. The number of hydrogen-bond donors (Lipinski definition) is 2. The first-order chi connectivity index (χ1) is 13.2. The first kappa shape index (κ1) is 18.9. The number of ether oxygens (including phenoxy) is 1. The van der Waals surface area contributed by atoms with Crippen LogP contribution in [0.1, 0.15) is 18.4 Å². The molecule has 3 rings (SSSR count). The van der Waals surface area contributed by atoms with Gasteiger partial charge in [-0.05, 0) is 42.9 Å². The van der Waals surface area contributed by atoms with E-state index >= 15 is 0 Å². The number of aromatic nitrogens is 2. The van der Waals surface area contributed by atoms with E-state index in [1.165, 1.54) is 5.56 Å². The zero-order valence-electron chi connectivity index (χ0n) is 15.7. The van der Waals surface area contributed by atoms with Crippen molar-refractivity contribution < 1.29 is 9.53 Å². The minimum absolute atomic E-state index is 0.0973. The van der Waals surface area contributed by atoms with Gasteiger partial charge in [-0.1, -0.05) is 12.1 Å². The third-order valence-corrected chi connectivity index (χ3v) is 4.90. The lowest BCUT2D eigenvalue weighted by molar-refractivity contribution is 0.237. The number of hydrogen-bond acceptors (Lipinski definition) is 5. The van der Waals surface area contributed by atoms with E-state index in [4.69, 9.17) is 4.74 Å². The highest BCUT2D eigenvalue weighted by molar-refractivity contribution is 5.73. The second kappa shape index (κ2) is 9.75. The molecule has 2 amide bonds. The molecule has 0 bridgehead atoms. The Morgan fingerprint density at radius 2 is 1.96 bits per heavy atom. The molecule has 0 aliphatic carbocycles. The number of anilines is 1. The van der Waals surface area contributed by atoms with Gasteiger partial charge < -0.3 is 20.3 Å². The average molecular weight is 369 g/mol. The van der Waals surface area contributed by atoms with Crippen molar-refractivity contribution in [3.63, 3.8) is 0 Å². The molecule has 2 N–H and O–H groups in total. The third-order valence-electron chi connectivity index (χ3n) is 4.90. The minimum Gasteiger partial charge on any atom is -0.497 e. The maximum Gasteiger partial charge on any atom is 0.314 e. The summed E-state index contributed by atoms with van der Waals surface area (Å²) in [5.41, 5.74) is 1.17. The van der Waals surface area contributed by atoms with Gasteiger partial charge in [0.1, 0.15) is 11.6 Å². The molecule has 0 spiro atoms. The summed E-state index contributed by atoms with van der Waals surface area (Å²) in [6.07, 6.45) is 8.10. The number of piperidine rings is 1. The van der Waals surface area contributed by atoms with Gasteiger partial charge in [0.15, 0.2) is 0 Å². The van der Waals surface area contributed by atoms with Crippen LogP contribution in [0.25, 0.3) is 0 Å². The van der Waals surface area contributed by atoms with E-state index in [0.29, 0.717) is 19.0 Å². The number of carbonyl (C=O) groups excluding carboxylic acids is 1. The molecule has 2 aromatic rings. The molecule has 0 radical (unpaired) electrons. The maximum absolute atomic E-state index is 12.0. The summed E-state index contributed by atoms with van der Waals surface area (Å²) in [6, 6.07) is 7.80. The molecule has 1 aromatic carbocycles. The van der Waals surface area contributed by atoms with Crippen molar-refractivity contribution in [1.29, 1.82) is 0 Å². The second-order valence-electron chi connectivity index (χ2n) is 6.73. The second-order valence-corrected chi connectivity index (χ2v) is 6.73. The van der Waals surface area contributed by atoms with Crippen LogP contribution < -0.4 is 20.3 Å². The number of urea groups is 1. The molecule has 7 heteroatoms. The van der Waals surface area contributed by atoms with Crippen LogP contribution in [0, 0.1) is 5.92 Å². The quantitative estimate of drug-likeness (QED) is 0.782. The highest BCUT2D eigenvalue weighted by Crippen LogP contribution is 2.20. The molecule has 1 aromatic heterocycles. The molecule has 2 heterocycles. The zero-order valence-corrected chi connectivity index (χ0v) is 15.7. The molecule has 1 fully saturated rings. The predicted octanol–water partition coefficient (Wildman–Crippen LogP) is 2.24. The van der Waals surface area contributed by atoms with E-state index < -0.39 is 0 Å². The third kappa shape index (κ3) is 5.84. The van der Waals surface area contributed by atoms with Crippen LogP contribution in [-0.4, -0.2) is 49.3 Å². The summed E-state index contributed by atoms with van der Waals surface area (Å²) in [5, 5.41) is 5.92. The van der Waals surface area contributed by atoms with E-state index in [0.717, 1.165) is 43.9 Å². The predicted molar refractivity (Wildman–Crippen MR) is 105 cm³/mol. The number of amides is 2. The van der Waals surface area contributed by atoms with Crippen molar-refractivity contribution in [2.45, 2.75) is 19.3 Å². The van der Waals surface area contributed by atoms with Gasteiger partial charge in [0, 0.05) is 38.6 Å². The molecule has 0 saturated carbocycles. The molecule has 0 atom stereocenters. The van der Waals surface area contributed by atoms with E-state index in [1.807, 2.05) is 24.3 Å². The van der Waals surface area contributed by atoms with Crippen LogP contribution in [0.5, 0.6) is 5.75 Å². The summed E-state index contributed by atoms with van der Waals surface area (Å²) in [6.45, 7) is 3.22. The summed E-state index contributed by atoms with van der Waals surface area (Å²) in [7, 11) is 1.65.